The van der Waals surface area contributed by atoms with E-state index in [1.54, 1.807) is 4.90 Å². The van der Waals surface area contributed by atoms with Gasteiger partial charge in [-0.3, -0.25) is 9.59 Å². The fourth-order valence-corrected chi connectivity index (χ4v) is 3.28. The van der Waals surface area contributed by atoms with E-state index < -0.39 is 17.0 Å². The van der Waals surface area contributed by atoms with Crippen LogP contribution in [0.3, 0.4) is 0 Å². The molecule has 118 valence electrons. The molecule has 2 unspecified atom stereocenters. The van der Waals surface area contributed by atoms with Gasteiger partial charge in [-0.1, -0.05) is 11.6 Å². The van der Waals surface area contributed by atoms with Gasteiger partial charge in [0.1, 0.15) is 11.6 Å². The molecule has 7 heteroatoms. The predicted octanol–water partition coefficient (Wildman–Crippen LogP) is 2.10. The zero-order valence-electron chi connectivity index (χ0n) is 12.0. The maximum absolute atomic E-state index is 13.7. The van der Waals surface area contributed by atoms with Crippen molar-refractivity contribution in [3.05, 3.63) is 34.4 Å². The normalized spacial score (nSPS) is 25.8. The lowest BCUT2D eigenvalue weighted by atomic mass is 10.1. The molecule has 22 heavy (non-hydrogen) atoms. The number of piperidine rings is 1. The number of nitrogens with one attached hydrogen (secondary N) is 1. The summed E-state index contributed by atoms with van der Waals surface area (Å²) in [5.41, 5.74) is -0.502. The highest BCUT2D eigenvalue weighted by atomic mass is 35.5. The summed E-state index contributed by atoms with van der Waals surface area (Å²) in [6, 6.07) is 1.88. The molecule has 3 rings (SSSR count). The van der Waals surface area contributed by atoms with E-state index in [2.05, 4.69) is 5.32 Å². The minimum absolute atomic E-state index is 0.0465. The Labute approximate surface area is 131 Å². The lowest BCUT2D eigenvalue weighted by molar-refractivity contribution is -0.130. The number of hydrogen-bond acceptors (Lipinski definition) is 2. The van der Waals surface area contributed by atoms with E-state index in [0.717, 1.165) is 18.6 Å². The predicted molar refractivity (Wildman–Crippen MR) is 76.0 cm³/mol. The average Bonchev–Trinajstić information content (AvgIpc) is 3.03. The second-order valence-corrected chi connectivity index (χ2v) is 6.40. The Morgan fingerprint density at radius 2 is 2.14 bits per heavy atom. The van der Waals surface area contributed by atoms with Gasteiger partial charge in [0.15, 0.2) is 0 Å². The van der Waals surface area contributed by atoms with Crippen LogP contribution in [-0.4, -0.2) is 29.8 Å². The van der Waals surface area contributed by atoms with Crippen LogP contribution in [0.15, 0.2) is 12.1 Å². The molecule has 1 aliphatic heterocycles. The minimum Gasteiger partial charge on any atom is -0.351 e. The highest BCUT2D eigenvalue weighted by Crippen LogP contribution is 2.57. The zero-order chi connectivity index (χ0) is 16.1. The summed E-state index contributed by atoms with van der Waals surface area (Å²) in [6.07, 6.45) is 0.736. The Morgan fingerprint density at radius 3 is 2.77 bits per heavy atom. The molecule has 0 bridgehead atoms. The van der Waals surface area contributed by atoms with Crippen LogP contribution in [-0.2, 0) is 16.1 Å². The lowest BCUT2D eigenvalue weighted by Gasteiger charge is -2.19. The SMILES string of the molecule is CC(=O)N1CC2CC2(C(=O)NCc2cc(F)c(Cl)cc2F)C1. The molecule has 0 radical (unpaired) electrons. The maximum Gasteiger partial charge on any atom is 0.228 e. The second-order valence-electron chi connectivity index (χ2n) is 6.00. The van der Waals surface area contributed by atoms with Crippen LogP contribution in [0.1, 0.15) is 18.9 Å². The Hall–Kier alpha value is -1.69. The number of rotatable bonds is 3. The number of halogens is 3. The van der Waals surface area contributed by atoms with Gasteiger partial charge in [0.25, 0.3) is 0 Å². The van der Waals surface area contributed by atoms with Gasteiger partial charge < -0.3 is 10.2 Å². The molecule has 0 aromatic heterocycles. The molecule has 1 N–H and O–H groups in total. The maximum atomic E-state index is 13.7. The standard InChI is InChI=1S/C15H15ClF2N2O2/c1-8(21)20-6-10-4-15(10,7-20)14(22)19-5-9-2-13(18)11(16)3-12(9)17/h2-3,10H,4-7H2,1H3,(H,19,22). The number of carbonyl (C=O) groups is 2. The molecule has 1 heterocycles. The van der Waals surface area contributed by atoms with Crippen LogP contribution in [0.5, 0.6) is 0 Å². The van der Waals surface area contributed by atoms with E-state index in [9.17, 15) is 18.4 Å². The van der Waals surface area contributed by atoms with Crippen molar-refractivity contribution in [3.8, 4) is 0 Å². The van der Waals surface area contributed by atoms with Crippen LogP contribution in [0.4, 0.5) is 8.78 Å². The highest BCUT2D eigenvalue weighted by Gasteiger charge is 2.65. The third kappa shape index (κ3) is 2.45. The number of carbonyl (C=O) groups excluding carboxylic acids is 2. The highest BCUT2D eigenvalue weighted by molar-refractivity contribution is 6.30. The number of amides is 2. The Balaban J connectivity index is 1.65. The van der Waals surface area contributed by atoms with Gasteiger partial charge in [-0.15, -0.1) is 0 Å². The molecule has 1 saturated carbocycles. The summed E-state index contributed by atoms with van der Waals surface area (Å²) >= 11 is 5.49. The Morgan fingerprint density at radius 1 is 1.41 bits per heavy atom. The van der Waals surface area contributed by atoms with E-state index in [1.165, 1.54) is 6.92 Å². The Kier molecular flexibility index (Phi) is 3.59. The van der Waals surface area contributed by atoms with Crippen molar-refractivity contribution in [1.29, 1.82) is 0 Å². The van der Waals surface area contributed by atoms with Crippen molar-refractivity contribution in [2.24, 2.45) is 11.3 Å². The first kappa shape index (κ1) is 15.2. The smallest absolute Gasteiger partial charge is 0.228 e. The molecular weight excluding hydrogens is 314 g/mol. The molecule has 2 fully saturated rings. The van der Waals surface area contributed by atoms with E-state index in [1.807, 2.05) is 0 Å². The monoisotopic (exact) mass is 328 g/mol. The molecule has 1 aliphatic carbocycles. The largest absolute Gasteiger partial charge is 0.351 e. The molecular formula is C15H15ClF2N2O2. The van der Waals surface area contributed by atoms with Crippen molar-refractivity contribution in [1.82, 2.24) is 10.2 Å². The summed E-state index contributed by atoms with van der Waals surface area (Å²) < 4.78 is 27.0. The van der Waals surface area contributed by atoms with Gasteiger partial charge in [-0.25, -0.2) is 8.78 Å². The molecule has 0 spiro atoms. The minimum atomic E-state index is -0.724. The van der Waals surface area contributed by atoms with Crippen LogP contribution in [0.2, 0.25) is 5.02 Å². The summed E-state index contributed by atoms with van der Waals surface area (Å²) in [7, 11) is 0. The zero-order valence-corrected chi connectivity index (χ0v) is 12.7. The molecule has 2 amide bonds. The topological polar surface area (TPSA) is 49.4 Å². The van der Waals surface area contributed by atoms with Crippen LogP contribution in [0, 0.1) is 23.0 Å². The van der Waals surface area contributed by atoms with E-state index in [-0.39, 0.29) is 34.9 Å². The summed E-state index contributed by atoms with van der Waals surface area (Å²) in [5, 5.41) is 2.35. The second kappa shape index (κ2) is 5.19. The van der Waals surface area contributed by atoms with Gasteiger partial charge in [0, 0.05) is 32.1 Å². The van der Waals surface area contributed by atoms with Gasteiger partial charge in [-0.05, 0) is 24.5 Å². The molecule has 4 nitrogen and oxygen atoms in total. The molecule has 2 aliphatic rings. The first-order valence-corrected chi connectivity index (χ1v) is 7.38. The number of nitrogens with zero attached hydrogens (tertiary/aromatic N) is 1. The first-order valence-electron chi connectivity index (χ1n) is 7.01. The van der Waals surface area contributed by atoms with Crippen molar-refractivity contribution in [2.45, 2.75) is 19.9 Å². The number of hydrogen-bond donors (Lipinski definition) is 1. The summed E-state index contributed by atoms with van der Waals surface area (Å²) in [6.45, 7) is 2.36. The average molecular weight is 329 g/mol. The third-order valence-electron chi connectivity index (χ3n) is 4.57. The van der Waals surface area contributed by atoms with E-state index in [0.29, 0.717) is 13.1 Å². The van der Waals surface area contributed by atoms with Crippen LogP contribution < -0.4 is 5.32 Å². The van der Waals surface area contributed by atoms with Crippen molar-refractivity contribution >= 4 is 23.4 Å². The van der Waals surface area contributed by atoms with E-state index in [4.69, 9.17) is 11.6 Å². The van der Waals surface area contributed by atoms with Crippen molar-refractivity contribution in [3.63, 3.8) is 0 Å². The van der Waals surface area contributed by atoms with Crippen LogP contribution in [0.25, 0.3) is 0 Å². The van der Waals surface area contributed by atoms with Gasteiger partial charge in [0.2, 0.25) is 11.8 Å². The van der Waals surface area contributed by atoms with Crippen LogP contribution >= 0.6 is 11.6 Å². The summed E-state index contributed by atoms with van der Waals surface area (Å²) in [4.78, 5) is 25.3. The van der Waals surface area contributed by atoms with E-state index >= 15 is 0 Å². The number of benzene rings is 1. The molecule has 2 atom stereocenters. The van der Waals surface area contributed by atoms with Crippen molar-refractivity contribution < 1.29 is 18.4 Å². The molecule has 1 saturated heterocycles. The van der Waals surface area contributed by atoms with Gasteiger partial charge in [0.05, 0.1) is 10.4 Å². The fourth-order valence-electron chi connectivity index (χ4n) is 3.13. The van der Waals surface area contributed by atoms with Crippen molar-refractivity contribution in [2.75, 3.05) is 13.1 Å². The summed E-state index contributed by atoms with van der Waals surface area (Å²) in [5.74, 6) is -1.48. The van der Waals surface area contributed by atoms with Gasteiger partial charge in [-0.2, -0.15) is 0 Å². The number of fused-ring (bicyclic) bond motifs is 1. The quantitative estimate of drug-likeness (QED) is 0.864. The first-order chi connectivity index (χ1) is 10.3. The Bertz CT molecular complexity index is 667. The third-order valence-corrected chi connectivity index (χ3v) is 4.86. The van der Waals surface area contributed by atoms with Gasteiger partial charge >= 0.3 is 0 Å². The molecule has 1 aromatic carbocycles. The lowest BCUT2D eigenvalue weighted by Crippen LogP contribution is -2.37. The fraction of sp³-hybridized carbons (Fsp3) is 0.467. The number of likely N-dealkylation sites (tertiary alicyclic amines) is 1. The molecule has 1 aromatic rings.